The number of rotatable bonds is 5. The lowest BCUT2D eigenvalue weighted by molar-refractivity contribution is -0.147. The van der Waals surface area contributed by atoms with Crippen molar-refractivity contribution in [3.63, 3.8) is 0 Å². The Morgan fingerprint density at radius 2 is 1.90 bits per heavy atom. The number of aromatic hydroxyl groups is 1. The van der Waals surface area contributed by atoms with Crippen LogP contribution in [0.5, 0.6) is 5.75 Å². The van der Waals surface area contributed by atoms with E-state index in [0.717, 1.165) is 0 Å². The molecule has 0 bridgehead atoms. The fourth-order valence-electron chi connectivity index (χ4n) is 1.78. The molecule has 0 aromatic heterocycles. The molecule has 1 aromatic carbocycles. The van der Waals surface area contributed by atoms with Crippen molar-refractivity contribution in [1.29, 1.82) is 0 Å². The van der Waals surface area contributed by atoms with Gasteiger partial charge in [-0.25, -0.2) is 4.79 Å². The van der Waals surface area contributed by atoms with E-state index >= 15 is 0 Å². The third kappa shape index (κ3) is 4.04. The van der Waals surface area contributed by atoms with Crippen molar-refractivity contribution < 1.29 is 19.4 Å². The monoisotopic (exact) mass is 281 g/mol. The van der Waals surface area contributed by atoms with Gasteiger partial charge in [0.15, 0.2) is 5.75 Å². The van der Waals surface area contributed by atoms with Crippen LogP contribution in [0.2, 0.25) is 0 Å². The molecule has 7 heteroatoms. The van der Waals surface area contributed by atoms with Crippen molar-refractivity contribution in [2.24, 2.45) is 0 Å². The molecule has 0 saturated carbocycles. The minimum atomic E-state index is -0.823. The Morgan fingerprint density at radius 3 is 2.35 bits per heavy atom. The predicted molar refractivity (Wildman–Crippen MR) is 74.9 cm³/mol. The van der Waals surface area contributed by atoms with Crippen molar-refractivity contribution in [1.82, 2.24) is 5.32 Å². The van der Waals surface area contributed by atoms with Gasteiger partial charge in [0.05, 0.1) is 18.0 Å². The molecule has 0 saturated heterocycles. The van der Waals surface area contributed by atoms with Gasteiger partial charge in [0.25, 0.3) is 0 Å². The maximum absolute atomic E-state index is 11.8. The Balaban J connectivity index is 2.94. The molecule has 0 fully saturated rings. The molecule has 0 aliphatic heterocycles. The lowest BCUT2D eigenvalue weighted by Crippen LogP contribution is -2.42. The van der Waals surface area contributed by atoms with Crippen LogP contribution in [-0.4, -0.2) is 29.6 Å². The molecule has 1 amide bonds. The number of ether oxygens (including phenoxy) is 1. The van der Waals surface area contributed by atoms with E-state index in [2.05, 4.69) is 5.32 Å². The lowest BCUT2D eigenvalue weighted by atomic mass is 10.0. The van der Waals surface area contributed by atoms with E-state index in [1.54, 1.807) is 6.92 Å². The summed E-state index contributed by atoms with van der Waals surface area (Å²) in [7, 11) is 0. The number of phenols is 1. The van der Waals surface area contributed by atoms with Crippen LogP contribution in [0, 0.1) is 0 Å². The van der Waals surface area contributed by atoms with Gasteiger partial charge < -0.3 is 26.6 Å². The summed E-state index contributed by atoms with van der Waals surface area (Å²) in [6.07, 6.45) is 0.174. The van der Waals surface area contributed by atoms with E-state index in [9.17, 15) is 14.7 Å². The van der Waals surface area contributed by atoms with Crippen molar-refractivity contribution in [2.75, 3.05) is 18.1 Å². The molecule has 1 atom stereocenters. The summed E-state index contributed by atoms with van der Waals surface area (Å²) in [5.74, 6) is -1.07. The first-order valence-electron chi connectivity index (χ1n) is 6.15. The Labute approximate surface area is 116 Å². The zero-order chi connectivity index (χ0) is 15.3. The van der Waals surface area contributed by atoms with E-state index < -0.39 is 12.0 Å². The van der Waals surface area contributed by atoms with Gasteiger partial charge in [0.1, 0.15) is 6.04 Å². The minimum Gasteiger partial charge on any atom is -0.504 e. The van der Waals surface area contributed by atoms with Crippen LogP contribution in [0.3, 0.4) is 0 Å². The van der Waals surface area contributed by atoms with Gasteiger partial charge in [-0.1, -0.05) is 0 Å². The van der Waals surface area contributed by atoms with Gasteiger partial charge in [-0.05, 0) is 24.6 Å². The Hall–Kier alpha value is -2.44. The normalized spacial score (nSPS) is 11.7. The number of hydrogen-bond acceptors (Lipinski definition) is 6. The second-order valence-corrected chi connectivity index (χ2v) is 4.33. The standard InChI is InChI=1S/C13H19N3O4/c1-3-20-13(19)11(16-7(2)17)6-8-4-9(14)12(18)10(15)5-8/h4-5,11,18H,3,6,14-15H2,1-2H3,(H,16,17). The van der Waals surface area contributed by atoms with Gasteiger partial charge >= 0.3 is 5.97 Å². The molecule has 0 aliphatic carbocycles. The fraction of sp³-hybridized carbons (Fsp3) is 0.385. The summed E-state index contributed by atoms with van der Waals surface area (Å²) in [4.78, 5) is 22.9. The number of benzene rings is 1. The molecule has 0 radical (unpaired) electrons. The molecule has 7 nitrogen and oxygen atoms in total. The van der Waals surface area contributed by atoms with E-state index in [1.807, 2.05) is 0 Å². The number of esters is 1. The predicted octanol–water partition coefficient (Wildman–Crippen LogP) is 0.167. The topological polar surface area (TPSA) is 128 Å². The number of anilines is 2. The van der Waals surface area contributed by atoms with Crippen molar-refractivity contribution >= 4 is 23.3 Å². The molecule has 0 spiro atoms. The molecule has 0 heterocycles. The summed E-state index contributed by atoms with van der Waals surface area (Å²) in [5.41, 5.74) is 12.0. The number of hydrogen-bond donors (Lipinski definition) is 4. The van der Waals surface area contributed by atoms with Crippen molar-refractivity contribution in [3.05, 3.63) is 17.7 Å². The largest absolute Gasteiger partial charge is 0.504 e. The Morgan fingerprint density at radius 1 is 1.35 bits per heavy atom. The van der Waals surface area contributed by atoms with Gasteiger partial charge in [-0.15, -0.1) is 0 Å². The molecular weight excluding hydrogens is 262 g/mol. The summed E-state index contributed by atoms with van der Waals surface area (Å²) < 4.78 is 4.90. The second-order valence-electron chi connectivity index (χ2n) is 4.33. The highest BCUT2D eigenvalue weighted by Crippen LogP contribution is 2.29. The molecule has 1 unspecified atom stereocenters. The molecule has 110 valence electrons. The highest BCUT2D eigenvalue weighted by atomic mass is 16.5. The highest BCUT2D eigenvalue weighted by Gasteiger charge is 2.22. The van der Waals surface area contributed by atoms with Gasteiger partial charge in [-0.2, -0.15) is 0 Å². The van der Waals surface area contributed by atoms with E-state index in [0.29, 0.717) is 5.56 Å². The van der Waals surface area contributed by atoms with Crippen molar-refractivity contribution in [3.8, 4) is 5.75 Å². The van der Waals surface area contributed by atoms with Crippen LogP contribution in [-0.2, 0) is 20.7 Å². The molecule has 20 heavy (non-hydrogen) atoms. The zero-order valence-electron chi connectivity index (χ0n) is 11.5. The number of phenolic OH excluding ortho intramolecular Hbond substituents is 1. The van der Waals surface area contributed by atoms with E-state index in [1.165, 1.54) is 19.1 Å². The number of carbonyl (C=O) groups excluding carboxylic acids is 2. The Bertz CT molecular complexity index is 493. The summed E-state index contributed by atoms with van der Waals surface area (Å²) in [6, 6.07) is 2.18. The molecule has 1 aromatic rings. The first-order valence-corrected chi connectivity index (χ1v) is 6.15. The van der Waals surface area contributed by atoms with Crippen LogP contribution in [0.15, 0.2) is 12.1 Å². The first kappa shape index (κ1) is 15.6. The summed E-state index contributed by atoms with van der Waals surface area (Å²) >= 11 is 0. The molecule has 6 N–H and O–H groups in total. The van der Waals surface area contributed by atoms with E-state index in [4.69, 9.17) is 16.2 Å². The summed E-state index contributed by atoms with van der Waals surface area (Å²) in [6.45, 7) is 3.21. The SMILES string of the molecule is CCOC(=O)C(Cc1cc(N)c(O)c(N)c1)NC(C)=O. The van der Waals surface area contributed by atoms with Crippen LogP contribution < -0.4 is 16.8 Å². The average Bonchev–Trinajstić information content (AvgIpc) is 2.34. The Kier molecular flexibility index (Phi) is 5.19. The van der Waals surface area contributed by atoms with Gasteiger partial charge in [0, 0.05) is 13.3 Å². The number of nitrogen functional groups attached to an aromatic ring is 2. The molecule has 0 aliphatic rings. The van der Waals surface area contributed by atoms with Gasteiger partial charge in [-0.3, -0.25) is 4.79 Å². The fourth-order valence-corrected chi connectivity index (χ4v) is 1.78. The number of carbonyl (C=O) groups is 2. The number of amides is 1. The van der Waals surface area contributed by atoms with Crippen LogP contribution in [0.1, 0.15) is 19.4 Å². The number of nitrogens with two attached hydrogens (primary N) is 2. The van der Waals surface area contributed by atoms with Crippen molar-refractivity contribution in [2.45, 2.75) is 26.3 Å². The first-order chi connectivity index (χ1) is 9.35. The van der Waals surface area contributed by atoms with Gasteiger partial charge in [0.2, 0.25) is 5.91 Å². The maximum atomic E-state index is 11.8. The zero-order valence-corrected chi connectivity index (χ0v) is 11.5. The van der Waals surface area contributed by atoms with Crippen LogP contribution in [0.4, 0.5) is 11.4 Å². The second kappa shape index (κ2) is 6.65. The molecular formula is C13H19N3O4. The third-order valence-electron chi connectivity index (χ3n) is 2.62. The summed E-state index contributed by atoms with van der Waals surface area (Å²) in [5, 5.41) is 12.0. The molecule has 1 rings (SSSR count). The quantitative estimate of drug-likeness (QED) is 0.346. The van der Waals surface area contributed by atoms with Crippen LogP contribution >= 0.6 is 0 Å². The highest BCUT2D eigenvalue weighted by molar-refractivity contribution is 5.83. The lowest BCUT2D eigenvalue weighted by Gasteiger charge is -2.17. The van der Waals surface area contributed by atoms with E-state index in [-0.39, 0.29) is 36.1 Å². The minimum absolute atomic E-state index is 0.116. The van der Waals surface area contributed by atoms with Crippen LogP contribution in [0.25, 0.3) is 0 Å². The third-order valence-corrected chi connectivity index (χ3v) is 2.62. The number of nitrogens with one attached hydrogen (secondary N) is 1. The average molecular weight is 281 g/mol. The maximum Gasteiger partial charge on any atom is 0.328 e. The smallest absolute Gasteiger partial charge is 0.328 e.